The third kappa shape index (κ3) is 10.0. The Labute approximate surface area is 243 Å². The summed E-state index contributed by atoms with van der Waals surface area (Å²) in [5.74, 6) is -6.62. The van der Waals surface area contributed by atoms with Gasteiger partial charge in [-0.1, -0.05) is 0 Å². The van der Waals surface area contributed by atoms with Crippen molar-refractivity contribution < 1.29 is 64.5 Å². The molecule has 1 spiro atoms. The first-order chi connectivity index (χ1) is 20.4. The van der Waals surface area contributed by atoms with Gasteiger partial charge in [-0.15, -0.1) is 0 Å². The van der Waals surface area contributed by atoms with Gasteiger partial charge in [0.15, 0.2) is 0 Å². The number of carboxylic acids is 2. The van der Waals surface area contributed by atoms with E-state index < -0.39 is 35.6 Å². The molecule has 44 heavy (non-hydrogen) atoms. The third-order valence-corrected chi connectivity index (χ3v) is 6.33. The summed E-state index contributed by atoms with van der Waals surface area (Å²) in [5, 5.41) is 20.0. The Balaban J connectivity index is 0.000000402. The fraction of sp³-hybridized carbons (Fsp3) is 0.400. The second-order valence-corrected chi connectivity index (χ2v) is 9.20. The highest BCUT2D eigenvalue weighted by molar-refractivity contribution is 5.94. The summed E-state index contributed by atoms with van der Waals surface area (Å²) in [4.78, 5) is 50.5. The molecule has 1 aromatic heterocycles. The number of anilines is 1. The molecular formula is C25H25F8N5O6. The van der Waals surface area contributed by atoms with Crippen LogP contribution in [0.2, 0.25) is 0 Å². The number of nitrogens with one attached hydrogen (secondary N) is 2. The van der Waals surface area contributed by atoms with Gasteiger partial charge >= 0.3 is 24.3 Å². The zero-order valence-corrected chi connectivity index (χ0v) is 22.4. The van der Waals surface area contributed by atoms with Gasteiger partial charge in [0.1, 0.15) is 17.2 Å². The lowest BCUT2D eigenvalue weighted by atomic mass is 9.85. The van der Waals surface area contributed by atoms with Crippen molar-refractivity contribution in [1.82, 2.24) is 20.5 Å². The van der Waals surface area contributed by atoms with Crippen LogP contribution in [0.4, 0.5) is 40.8 Å². The molecule has 4 N–H and O–H groups in total. The van der Waals surface area contributed by atoms with E-state index >= 15 is 0 Å². The summed E-state index contributed by atoms with van der Waals surface area (Å²) in [6.45, 7) is 2.79. The monoisotopic (exact) mass is 643 g/mol. The summed E-state index contributed by atoms with van der Waals surface area (Å²) in [5.41, 5.74) is 0.299. The highest BCUT2D eigenvalue weighted by atomic mass is 19.4. The molecule has 2 aromatic rings. The van der Waals surface area contributed by atoms with E-state index in [1.54, 1.807) is 6.20 Å². The zero-order valence-electron chi connectivity index (χ0n) is 22.4. The molecule has 19 heteroatoms. The lowest BCUT2D eigenvalue weighted by Crippen LogP contribution is -2.57. The van der Waals surface area contributed by atoms with Crippen LogP contribution in [0.1, 0.15) is 23.2 Å². The SMILES string of the molecule is O=C(NCCN1CCC2(CC1)C(=O)NCN2c1cncc(F)c1)c1ccc(F)cc1.O=C(O)C(F)(F)F.O=C(O)C(F)(F)F. The number of piperidine rings is 1. The molecule has 2 aliphatic rings. The van der Waals surface area contributed by atoms with Crippen LogP contribution in [-0.2, 0) is 14.4 Å². The van der Waals surface area contributed by atoms with E-state index in [-0.39, 0.29) is 17.6 Å². The van der Waals surface area contributed by atoms with Crippen LogP contribution in [0, 0.1) is 11.6 Å². The Morgan fingerprint density at radius 1 is 0.909 bits per heavy atom. The Morgan fingerprint density at radius 3 is 1.91 bits per heavy atom. The Bertz CT molecular complexity index is 1290. The number of pyridine rings is 1. The Morgan fingerprint density at radius 2 is 1.43 bits per heavy atom. The van der Waals surface area contributed by atoms with Gasteiger partial charge in [0.05, 0.1) is 24.7 Å². The minimum Gasteiger partial charge on any atom is -0.475 e. The van der Waals surface area contributed by atoms with E-state index in [1.807, 2.05) is 4.90 Å². The van der Waals surface area contributed by atoms with Crippen molar-refractivity contribution in [2.45, 2.75) is 30.7 Å². The molecule has 0 aliphatic carbocycles. The lowest BCUT2D eigenvalue weighted by molar-refractivity contribution is -0.193. The number of halogens is 8. The number of amides is 2. The Kier molecular flexibility index (Phi) is 12.0. The van der Waals surface area contributed by atoms with Gasteiger partial charge in [0.25, 0.3) is 5.91 Å². The summed E-state index contributed by atoms with van der Waals surface area (Å²) < 4.78 is 90.1. The van der Waals surface area contributed by atoms with Gasteiger partial charge < -0.3 is 30.6 Å². The zero-order chi connectivity index (χ0) is 33.3. The van der Waals surface area contributed by atoms with E-state index in [0.717, 1.165) is 6.20 Å². The largest absolute Gasteiger partial charge is 0.490 e. The minimum atomic E-state index is -5.08. The number of carbonyl (C=O) groups excluding carboxylic acids is 2. The van der Waals surface area contributed by atoms with Gasteiger partial charge in [-0.05, 0) is 37.1 Å². The number of carbonyl (C=O) groups is 4. The molecule has 242 valence electrons. The molecule has 4 rings (SSSR count). The quantitative estimate of drug-likeness (QED) is 0.361. The average molecular weight is 643 g/mol. The number of aromatic nitrogens is 1. The number of carboxylic acid groups (broad SMARTS) is 2. The summed E-state index contributed by atoms with van der Waals surface area (Å²) in [6.07, 6.45) is -6.25. The van der Waals surface area contributed by atoms with Crippen molar-refractivity contribution in [2.75, 3.05) is 37.7 Å². The number of likely N-dealkylation sites (tertiary alicyclic amines) is 1. The highest BCUT2D eigenvalue weighted by Crippen LogP contribution is 2.36. The van der Waals surface area contributed by atoms with Crippen molar-refractivity contribution in [3.63, 3.8) is 0 Å². The van der Waals surface area contributed by atoms with Crippen LogP contribution in [0.25, 0.3) is 0 Å². The molecule has 2 fully saturated rings. The molecule has 11 nitrogen and oxygen atoms in total. The van der Waals surface area contributed by atoms with Crippen LogP contribution >= 0.6 is 0 Å². The molecule has 1 aromatic carbocycles. The molecule has 2 aliphatic heterocycles. The predicted octanol–water partition coefficient (Wildman–Crippen LogP) is 2.78. The maximum absolute atomic E-state index is 13.6. The molecular weight excluding hydrogens is 618 g/mol. The first kappa shape index (κ1) is 35.6. The van der Waals surface area contributed by atoms with Crippen molar-refractivity contribution in [2.24, 2.45) is 0 Å². The maximum Gasteiger partial charge on any atom is 0.490 e. The fourth-order valence-corrected chi connectivity index (χ4v) is 4.15. The van der Waals surface area contributed by atoms with Gasteiger partial charge in [-0.2, -0.15) is 26.3 Å². The number of hydrogen-bond acceptors (Lipinski definition) is 7. The maximum atomic E-state index is 13.6. The van der Waals surface area contributed by atoms with Crippen LogP contribution < -0.4 is 15.5 Å². The standard InChI is InChI=1S/C21H23F2N5O2.2C2HF3O2/c22-16-3-1-15(2-4-16)19(29)25-7-10-27-8-5-21(6-9-27)20(30)26-14-28(21)18-11-17(23)12-24-13-18;2*3-2(4,5)1(6)7/h1-4,11-13H,5-10,14H2,(H,25,29)(H,26,30);2*(H,6,7). The topological polar surface area (TPSA) is 152 Å². The van der Waals surface area contributed by atoms with Crippen LogP contribution in [0.3, 0.4) is 0 Å². The number of benzene rings is 1. The second-order valence-electron chi connectivity index (χ2n) is 9.20. The number of alkyl halides is 6. The van der Waals surface area contributed by atoms with E-state index in [0.29, 0.717) is 56.9 Å². The van der Waals surface area contributed by atoms with E-state index in [9.17, 15) is 44.7 Å². The van der Waals surface area contributed by atoms with Gasteiger partial charge in [0.2, 0.25) is 5.91 Å². The summed E-state index contributed by atoms with van der Waals surface area (Å²) in [7, 11) is 0. The molecule has 2 saturated heterocycles. The van der Waals surface area contributed by atoms with Crippen molar-refractivity contribution in [3.05, 3.63) is 59.9 Å². The van der Waals surface area contributed by atoms with Gasteiger partial charge in [-0.3, -0.25) is 14.6 Å². The molecule has 0 saturated carbocycles. The third-order valence-electron chi connectivity index (χ3n) is 6.33. The first-order valence-corrected chi connectivity index (χ1v) is 12.4. The number of nitrogens with zero attached hydrogens (tertiary/aromatic N) is 3. The second kappa shape index (κ2) is 14.8. The van der Waals surface area contributed by atoms with E-state index in [4.69, 9.17) is 19.8 Å². The molecule has 0 bridgehead atoms. The smallest absolute Gasteiger partial charge is 0.475 e. The minimum absolute atomic E-state index is 0.0453. The molecule has 0 atom stereocenters. The average Bonchev–Trinajstić information content (AvgIpc) is 3.24. The normalized spacial score (nSPS) is 16.2. The number of hydrogen-bond donors (Lipinski definition) is 4. The number of rotatable bonds is 5. The molecule has 0 radical (unpaired) electrons. The van der Waals surface area contributed by atoms with E-state index in [1.165, 1.54) is 30.3 Å². The molecule has 3 heterocycles. The first-order valence-electron chi connectivity index (χ1n) is 12.4. The molecule has 2 amide bonds. The van der Waals surface area contributed by atoms with Crippen LogP contribution in [-0.4, -0.2) is 94.6 Å². The molecule has 0 unspecified atom stereocenters. The van der Waals surface area contributed by atoms with E-state index in [2.05, 4.69) is 20.5 Å². The van der Waals surface area contributed by atoms with Crippen molar-refractivity contribution in [3.8, 4) is 0 Å². The van der Waals surface area contributed by atoms with Crippen LogP contribution in [0.5, 0.6) is 0 Å². The Hall–Kier alpha value is -4.55. The van der Waals surface area contributed by atoms with Gasteiger partial charge in [-0.25, -0.2) is 18.4 Å². The summed E-state index contributed by atoms with van der Waals surface area (Å²) >= 11 is 0. The number of aliphatic carboxylic acids is 2. The lowest BCUT2D eigenvalue weighted by Gasteiger charge is -2.43. The van der Waals surface area contributed by atoms with Gasteiger partial charge in [0, 0.05) is 37.8 Å². The van der Waals surface area contributed by atoms with Crippen molar-refractivity contribution >= 4 is 29.4 Å². The highest BCUT2D eigenvalue weighted by Gasteiger charge is 2.50. The van der Waals surface area contributed by atoms with Crippen LogP contribution in [0.15, 0.2) is 42.7 Å². The fourth-order valence-electron chi connectivity index (χ4n) is 4.15. The summed E-state index contributed by atoms with van der Waals surface area (Å²) in [6, 6.07) is 6.80. The predicted molar refractivity (Wildman–Crippen MR) is 134 cm³/mol. The van der Waals surface area contributed by atoms with Crippen molar-refractivity contribution in [1.29, 1.82) is 0 Å².